The van der Waals surface area contributed by atoms with Gasteiger partial charge in [0.15, 0.2) is 5.16 Å². The van der Waals surface area contributed by atoms with Gasteiger partial charge in [0.1, 0.15) is 5.56 Å². The minimum Gasteiger partial charge on any atom is -0.351 e. The van der Waals surface area contributed by atoms with E-state index in [0.717, 1.165) is 31.7 Å². The highest BCUT2D eigenvalue weighted by molar-refractivity contribution is 7.99. The van der Waals surface area contributed by atoms with Crippen LogP contribution in [0.1, 0.15) is 30.1 Å². The van der Waals surface area contributed by atoms with E-state index in [-0.39, 0.29) is 34.9 Å². The number of nitrogens with one attached hydrogen (secondary N) is 2. The Morgan fingerprint density at radius 3 is 2.95 bits per heavy atom. The molecule has 2 N–H and O–H groups in total. The van der Waals surface area contributed by atoms with Crippen molar-refractivity contribution in [2.45, 2.75) is 31.5 Å². The van der Waals surface area contributed by atoms with Crippen LogP contribution in [0.4, 0.5) is 0 Å². The first-order chi connectivity index (χ1) is 10.1. The number of thioether (sulfide) groups is 1. The molecule has 122 valence electrons. The second-order valence-corrected chi connectivity index (χ2v) is 7.07. The number of aromatic nitrogens is 2. The summed E-state index contributed by atoms with van der Waals surface area (Å²) in [5.74, 6) is 0.540. The number of carbonyl (C=O) groups is 1. The van der Waals surface area contributed by atoms with E-state index in [2.05, 4.69) is 22.5 Å². The number of nitrogens with zero attached hydrogens (tertiary/aromatic N) is 2. The summed E-state index contributed by atoms with van der Waals surface area (Å²) in [6, 6.07) is 0. The molecule has 6 nitrogen and oxygen atoms in total. The van der Waals surface area contributed by atoms with Crippen molar-refractivity contribution in [3.8, 4) is 0 Å². The summed E-state index contributed by atoms with van der Waals surface area (Å²) in [6.07, 6.45) is 3.48. The van der Waals surface area contributed by atoms with Crippen molar-refractivity contribution in [1.29, 1.82) is 0 Å². The third kappa shape index (κ3) is 3.47. The molecule has 2 aliphatic rings. The van der Waals surface area contributed by atoms with E-state index in [1.54, 1.807) is 16.3 Å². The number of rotatable bonds is 3. The maximum atomic E-state index is 12.3. The second kappa shape index (κ2) is 7.02. The molecule has 0 spiro atoms. The Morgan fingerprint density at radius 1 is 1.50 bits per heavy atom. The van der Waals surface area contributed by atoms with Crippen LogP contribution >= 0.6 is 24.2 Å². The molecule has 1 amide bonds. The summed E-state index contributed by atoms with van der Waals surface area (Å²) < 4.78 is 1.59. The minimum absolute atomic E-state index is 0. The summed E-state index contributed by atoms with van der Waals surface area (Å²) >= 11 is 1.55. The molecule has 0 bridgehead atoms. The van der Waals surface area contributed by atoms with Gasteiger partial charge in [0.05, 0.1) is 0 Å². The van der Waals surface area contributed by atoms with Crippen molar-refractivity contribution in [2.24, 2.45) is 5.41 Å². The van der Waals surface area contributed by atoms with Crippen molar-refractivity contribution in [3.05, 3.63) is 22.1 Å². The Hall–Kier alpha value is -1.05. The predicted molar refractivity (Wildman–Crippen MR) is 89.0 cm³/mol. The molecule has 2 aliphatic heterocycles. The van der Waals surface area contributed by atoms with Crippen LogP contribution in [0.2, 0.25) is 0 Å². The number of piperidine rings is 1. The lowest BCUT2D eigenvalue weighted by molar-refractivity contribution is 0.0919. The maximum Gasteiger partial charge on any atom is 0.267 e. The van der Waals surface area contributed by atoms with Crippen molar-refractivity contribution < 1.29 is 4.79 Å². The molecule has 3 heterocycles. The molecule has 1 saturated heterocycles. The van der Waals surface area contributed by atoms with Crippen LogP contribution in [0.15, 0.2) is 16.1 Å². The van der Waals surface area contributed by atoms with Gasteiger partial charge in [-0.25, -0.2) is 4.98 Å². The van der Waals surface area contributed by atoms with Gasteiger partial charge in [-0.15, -0.1) is 12.4 Å². The Bertz CT molecular complexity index is 613. The Morgan fingerprint density at radius 2 is 2.23 bits per heavy atom. The maximum absolute atomic E-state index is 12.3. The van der Waals surface area contributed by atoms with Gasteiger partial charge in [-0.3, -0.25) is 14.2 Å². The number of amides is 1. The summed E-state index contributed by atoms with van der Waals surface area (Å²) in [5, 5.41) is 6.94. The van der Waals surface area contributed by atoms with Crippen molar-refractivity contribution in [1.82, 2.24) is 20.2 Å². The molecule has 0 aromatic carbocycles. The Labute approximate surface area is 139 Å². The second-order valence-electron chi connectivity index (χ2n) is 6.00. The van der Waals surface area contributed by atoms with Crippen molar-refractivity contribution in [2.75, 3.05) is 25.4 Å². The van der Waals surface area contributed by atoms with Gasteiger partial charge in [0, 0.05) is 25.0 Å². The van der Waals surface area contributed by atoms with Gasteiger partial charge in [-0.2, -0.15) is 0 Å². The van der Waals surface area contributed by atoms with Crippen LogP contribution in [0, 0.1) is 5.41 Å². The lowest BCUT2D eigenvalue weighted by atomic mass is 9.81. The minimum atomic E-state index is -0.306. The van der Waals surface area contributed by atoms with Crippen LogP contribution in [0.3, 0.4) is 0 Å². The third-order valence-corrected chi connectivity index (χ3v) is 5.26. The fraction of sp³-hybridized carbons (Fsp3) is 0.643. The fourth-order valence-corrected chi connectivity index (χ4v) is 3.68. The number of fused-ring (bicyclic) bond motifs is 1. The lowest BCUT2D eigenvalue weighted by Gasteiger charge is -2.34. The molecule has 0 atom stereocenters. The fourth-order valence-electron chi connectivity index (χ4n) is 2.77. The highest BCUT2D eigenvalue weighted by Gasteiger charge is 2.28. The molecule has 8 heteroatoms. The van der Waals surface area contributed by atoms with E-state index in [0.29, 0.717) is 18.2 Å². The topological polar surface area (TPSA) is 76.0 Å². The number of halogens is 1. The number of hydrogen-bond donors (Lipinski definition) is 2. The quantitative estimate of drug-likeness (QED) is 0.796. The summed E-state index contributed by atoms with van der Waals surface area (Å²) in [5.41, 5.74) is 0.0358. The Balaban J connectivity index is 0.00000176. The molecule has 0 saturated carbocycles. The van der Waals surface area contributed by atoms with E-state index >= 15 is 0 Å². The van der Waals surface area contributed by atoms with Gasteiger partial charge >= 0.3 is 0 Å². The molecule has 0 unspecified atom stereocenters. The molecule has 22 heavy (non-hydrogen) atoms. The number of carbonyl (C=O) groups excluding carboxylic acids is 1. The van der Waals surface area contributed by atoms with Crippen LogP contribution in [-0.4, -0.2) is 40.8 Å². The largest absolute Gasteiger partial charge is 0.351 e. The van der Waals surface area contributed by atoms with Gasteiger partial charge in [0.25, 0.3) is 11.5 Å². The highest BCUT2D eigenvalue weighted by Crippen LogP contribution is 2.26. The Kier molecular flexibility index (Phi) is 5.52. The summed E-state index contributed by atoms with van der Waals surface area (Å²) in [4.78, 5) is 28.7. The predicted octanol–water partition coefficient (Wildman–Crippen LogP) is 0.890. The van der Waals surface area contributed by atoms with E-state index in [1.165, 1.54) is 6.20 Å². The third-order valence-electron chi connectivity index (χ3n) is 4.29. The zero-order valence-electron chi connectivity index (χ0n) is 12.6. The van der Waals surface area contributed by atoms with E-state index in [9.17, 15) is 9.59 Å². The first kappa shape index (κ1) is 17.3. The first-order valence-corrected chi connectivity index (χ1v) is 8.29. The molecule has 1 aromatic heterocycles. The van der Waals surface area contributed by atoms with Gasteiger partial charge in [0.2, 0.25) is 0 Å². The monoisotopic (exact) mass is 344 g/mol. The first-order valence-electron chi connectivity index (χ1n) is 7.31. The van der Waals surface area contributed by atoms with Crippen LogP contribution in [0.25, 0.3) is 0 Å². The molecule has 0 aliphatic carbocycles. The molecule has 1 fully saturated rings. The summed E-state index contributed by atoms with van der Waals surface area (Å²) in [7, 11) is 0. The van der Waals surface area contributed by atoms with E-state index in [4.69, 9.17) is 0 Å². The lowest BCUT2D eigenvalue weighted by Crippen LogP contribution is -2.44. The zero-order chi connectivity index (χ0) is 14.9. The van der Waals surface area contributed by atoms with Crippen molar-refractivity contribution in [3.63, 3.8) is 0 Å². The van der Waals surface area contributed by atoms with E-state index < -0.39 is 0 Å². The van der Waals surface area contributed by atoms with E-state index in [1.807, 2.05) is 0 Å². The van der Waals surface area contributed by atoms with Gasteiger partial charge in [-0.05, 0) is 31.3 Å². The average molecular weight is 345 g/mol. The number of hydrogen-bond acceptors (Lipinski definition) is 5. The molecule has 0 radical (unpaired) electrons. The SMILES string of the molecule is CC1(CNC(=O)c2cnc3n(c2=O)CCS3)CCNCC1.Cl. The van der Waals surface area contributed by atoms with Gasteiger partial charge in [-0.1, -0.05) is 18.7 Å². The zero-order valence-corrected chi connectivity index (χ0v) is 14.2. The van der Waals surface area contributed by atoms with Crippen molar-refractivity contribution >= 4 is 30.1 Å². The van der Waals surface area contributed by atoms with Gasteiger partial charge < -0.3 is 10.6 Å². The smallest absolute Gasteiger partial charge is 0.267 e. The normalized spacial score (nSPS) is 19.1. The van der Waals surface area contributed by atoms with Crippen LogP contribution in [-0.2, 0) is 6.54 Å². The van der Waals surface area contributed by atoms with Crippen LogP contribution < -0.4 is 16.2 Å². The average Bonchev–Trinajstić information content (AvgIpc) is 2.95. The highest BCUT2D eigenvalue weighted by atomic mass is 35.5. The molecular formula is C14H21ClN4O2S. The molecule has 1 aromatic rings. The standard InChI is InChI=1S/C14H20N4O2S.ClH/c1-14(2-4-15-5-3-14)9-17-11(19)10-8-16-13-18(12(10)20)6-7-21-13;/h8,15H,2-7,9H2,1H3,(H,17,19);1H. The summed E-state index contributed by atoms with van der Waals surface area (Å²) in [6.45, 7) is 5.37. The van der Waals surface area contributed by atoms with Crippen LogP contribution in [0.5, 0.6) is 0 Å². The molecular weight excluding hydrogens is 324 g/mol. The molecule has 3 rings (SSSR count).